The van der Waals surface area contributed by atoms with Gasteiger partial charge in [0.1, 0.15) is 17.1 Å². The topological polar surface area (TPSA) is 64.6 Å². The van der Waals surface area contributed by atoms with Gasteiger partial charge in [-0.3, -0.25) is 10.1 Å². The van der Waals surface area contributed by atoms with Gasteiger partial charge in [-0.2, -0.15) is 0 Å². The van der Waals surface area contributed by atoms with E-state index in [2.05, 4.69) is 5.32 Å². The Morgan fingerprint density at radius 1 is 1.17 bits per heavy atom. The summed E-state index contributed by atoms with van der Waals surface area (Å²) in [5.41, 5.74) is 0.726. The molecule has 0 bridgehead atoms. The molecule has 0 heterocycles. The van der Waals surface area contributed by atoms with E-state index in [4.69, 9.17) is 9.47 Å². The van der Waals surface area contributed by atoms with E-state index >= 15 is 0 Å². The highest BCUT2D eigenvalue weighted by Gasteiger charge is 2.20. The summed E-state index contributed by atoms with van der Waals surface area (Å²) < 4.78 is 10.5. The van der Waals surface area contributed by atoms with Gasteiger partial charge in [0.05, 0.1) is 7.11 Å². The van der Waals surface area contributed by atoms with Crippen molar-refractivity contribution in [2.24, 2.45) is 5.92 Å². The van der Waals surface area contributed by atoms with E-state index in [-0.39, 0.29) is 18.1 Å². The first-order valence-electron chi connectivity index (χ1n) is 8.39. The fourth-order valence-corrected chi connectivity index (χ4v) is 2.45. The van der Waals surface area contributed by atoms with E-state index < -0.39 is 11.7 Å². The van der Waals surface area contributed by atoms with Crippen LogP contribution >= 0.6 is 0 Å². The molecule has 0 spiro atoms. The number of nitrogens with one attached hydrogen (secondary N) is 1. The molecule has 0 aliphatic rings. The molecule has 0 radical (unpaired) electrons. The number of hydrogen-bond donors (Lipinski definition) is 1. The third-order valence-electron chi connectivity index (χ3n) is 3.75. The molecule has 1 amide bonds. The van der Waals surface area contributed by atoms with E-state index in [1.54, 1.807) is 46.1 Å². The van der Waals surface area contributed by atoms with Crippen molar-refractivity contribution in [3.05, 3.63) is 23.8 Å². The van der Waals surface area contributed by atoms with Crippen LogP contribution < -0.4 is 10.1 Å². The monoisotopic (exact) mass is 335 g/mol. The molecule has 0 aliphatic carbocycles. The van der Waals surface area contributed by atoms with Gasteiger partial charge in [-0.1, -0.05) is 13.8 Å². The van der Waals surface area contributed by atoms with Crippen molar-refractivity contribution in [2.45, 2.75) is 59.5 Å². The van der Waals surface area contributed by atoms with Crippen molar-refractivity contribution in [1.29, 1.82) is 0 Å². The molecule has 1 aromatic rings. The zero-order valence-electron chi connectivity index (χ0n) is 15.6. The number of ketones is 1. The summed E-state index contributed by atoms with van der Waals surface area (Å²) in [5, 5.41) is 2.73. The first kappa shape index (κ1) is 20.0. The Morgan fingerprint density at radius 3 is 2.29 bits per heavy atom. The molecule has 0 aromatic heterocycles. The van der Waals surface area contributed by atoms with Crippen molar-refractivity contribution in [3.63, 3.8) is 0 Å². The first-order chi connectivity index (χ1) is 11.2. The number of Topliss-reactive ketones (excluding diaryl/α,β-unsaturated/α-hetero) is 1. The Balaban J connectivity index is 3.00. The number of benzene rings is 1. The normalized spacial score (nSPS) is 11.3. The number of methoxy groups -OCH3 is 1. The lowest BCUT2D eigenvalue weighted by atomic mass is 9.93. The average Bonchev–Trinajstić information content (AvgIpc) is 2.48. The van der Waals surface area contributed by atoms with Crippen LogP contribution in [0.4, 0.5) is 10.5 Å². The minimum atomic E-state index is -0.581. The minimum Gasteiger partial charge on any atom is -0.497 e. The zero-order valence-corrected chi connectivity index (χ0v) is 15.6. The smallest absolute Gasteiger partial charge is 0.412 e. The maximum atomic E-state index is 12.5. The van der Waals surface area contributed by atoms with Gasteiger partial charge in [0, 0.05) is 18.0 Å². The van der Waals surface area contributed by atoms with Crippen molar-refractivity contribution in [1.82, 2.24) is 0 Å². The van der Waals surface area contributed by atoms with Crippen LogP contribution in [0.15, 0.2) is 18.2 Å². The second-order valence-corrected chi connectivity index (χ2v) is 6.81. The molecule has 0 unspecified atom stereocenters. The van der Waals surface area contributed by atoms with Crippen molar-refractivity contribution in [2.75, 3.05) is 12.4 Å². The maximum absolute atomic E-state index is 12.5. The highest BCUT2D eigenvalue weighted by Crippen LogP contribution is 2.25. The fourth-order valence-electron chi connectivity index (χ4n) is 2.45. The molecule has 1 N–H and O–H groups in total. The molecular formula is C19H29NO4. The molecule has 0 saturated heterocycles. The maximum Gasteiger partial charge on any atom is 0.412 e. The minimum absolute atomic E-state index is 0.0329. The van der Waals surface area contributed by atoms with Crippen LogP contribution in [0.25, 0.3) is 0 Å². The summed E-state index contributed by atoms with van der Waals surface area (Å²) >= 11 is 0. The molecule has 5 heteroatoms. The van der Waals surface area contributed by atoms with E-state index in [0.29, 0.717) is 11.4 Å². The number of hydrogen-bond acceptors (Lipinski definition) is 4. The zero-order chi connectivity index (χ0) is 18.3. The fraction of sp³-hybridized carbons (Fsp3) is 0.579. The summed E-state index contributed by atoms with van der Waals surface area (Å²) in [6.07, 6.45) is 1.35. The summed E-state index contributed by atoms with van der Waals surface area (Å²) in [6.45, 7) is 9.43. The quantitative estimate of drug-likeness (QED) is 0.791. The van der Waals surface area contributed by atoms with Gasteiger partial charge in [0.25, 0.3) is 0 Å². The molecule has 0 atom stereocenters. The number of rotatable bonds is 7. The number of anilines is 1. The van der Waals surface area contributed by atoms with Crippen LogP contribution in [0.5, 0.6) is 5.75 Å². The van der Waals surface area contributed by atoms with Crippen LogP contribution in [0.3, 0.4) is 0 Å². The summed E-state index contributed by atoms with van der Waals surface area (Å²) in [5.74, 6) is 0.850. The van der Waals surface area contributed by atoms with Gasteiger partial charge >= 0.3 is 6.09 Å². The summed E-state index contributed by atoms with van der Waals surface area (Å²) in [7, 11) is 1.57. The van der Waals surface area contributed by atoms with Gasteiger partial charge in [-0.15, -0.1) is 0 Å². The Morgan fingerprint density at radius 2 is 1.79 bits per heavy atom. The van der Waals surface area contributed by atoms with Crippen LogP contribution in [0.1, 0.15) is 53.0 Å². The lowest BCUT2D eigenvalue weighted by Crippen LogP contribution is -2.27. The lowest BCUT2D eigenvalue weighted by molar-refractivity contribution is -0.122. The van der Waals surface area contributed by atoms with E-state index in [9.17, 15) is 9.59 Å². The van der Waals surface area contributed by atoms with Gasteiger partial charge in [-0.05, 0) is 57.4 Å². The standard InChI is InChI=1S/C19H29NO4/c1-7-13(8-2)17(21)12-14-11-15(23-6)9-10-16(14)20-18(22)24-19(3,4)5/h9-11,13H,7-8,12H2,1-6H3,(H,20,22). The molecule has 5 nitrogen and oxygen atoms in total. The third-order valence-corrected chi connectivity index (χ3v) is 3.75. The predicted molar refractivity (Wildman–Crippen MR) is 95.6 cm³/mol. The molecule has 24 heavy (non-hydrogen) atoms. The summed E-state index contributed by atoms with van der Waals surface area (Å²) in [4.78, 5) is 24.5. The van der Waals surface area contributed by atoms with Crippen molar-refractivity contribution >= 4 is 17.6 Å². The van der Waals surface area contributed by atoms with Crippen LogP contribution in [0.2, 0.25) is 0 Å². The van der Waals surface area contributed by atoms with E-state index in [1.807, 2.05) is 13.8 Å². The predicted octanol–water partition coefficient (Wildman–Crippen LogP) is 4.59. The second-order valence-electron chi connectivity index (χ2n) is 6.81. The van der Waals surface area contributed by atoms with Gasteiger partial charge in [0.2, 0.25) is 0 Å². The van der Waals surface area contributed by atoms with Crippen LogP contribution in [0, 0.1) is 5.92 Å². The Labute approximate surface area is 144 Å². The molecule has 1 aromatic carbocycles. The van der Waals surface area contributed by atoms with Crippen molar-refractivity contribution < 1.29 is 19.1 Å². The third kappa shape index (κ3) is 6.22. The first-order valence-corrected chi connectivity index (χ1v) is 8.39. The molecule has 134 valence electrons. The Bertz CT molecular complexity index is 571. The number of amides is 1. The number of ether oxygens (including phenoxy) is 2. The summed E-state index contributed by atoms with van der Waals surface area (Å²) in [6, 6.07) is 5.27. The van der Waals surface area contributed by atoms with Gasteiger partial charge < -0.3 is 9.47 Å². The van der Waals surface area contributed by atoms with Gasteiger partial charge in [-0.25, -0.2) is 4.79 Å². The Hall–Kier alpha value is -2.04. The molecule has 0 fully saturated rings. The molecule has 0 saturated carbocycles. The molecule has 0 aliphatic heterocycles. The van der Waals surface area contributed by atoms with E-state index in [1.165, 1.54) is 0 Å². The van der Waals surface area contributed by atoms with Crippen LogP contribution in [-0.4, -0.2) is 24.6 Å². The van der Waals surface area contributed by atoms with E-state index in [0.717, 1.165) is 18.4 Å². The average molecular weight is 335 g/mol. The highest BCUT2D eigenvalue weighted by molar-refractivity contribution is 5.89. The number of carbonyl (C=O) groups excluding carboxylic acids is 2. The molecular weight excluding hydrogens is 306 g/mol. The SMILES string of the molecule is CCC(CC)C(=O)Cc1cc(OC)ccc1NC(=O)OC(C)(C)C. The van der Waals surface area contributed by atoms with Gasteiger partial charge in [0.15, 0.2) is 0 Å². The largest absolute Gasteiger partial charge is 0.497 e. The van der Waals surface area contributed by atoms with Crippen LogP contribution in [-0.2, 0) is 16.0 Å². The lowest BCUT2D eigenvalue weighted by Gasteiger charge is -2.21. The molecule has 1 rings (SSSR count). The number of carbonyl (C=O) groups is 2. The Kier molecular flexibility index (Phi) is 7.26. The second kappa shape index (κ2) is 8.71. The van der Waals surface area contributed by atoms with Crippen molar-refractivity contribution in [3.8, 4) is 5.75 Å². The highest BCUT2D eigenvalue weighted by atomic mass is 16.6.